The SMILES string of the molecule is C=CCn1c(COC)nnc1SCC(=O)Nc1nnc(SCc2cccc(Br)c2)s1. The van der Waals surface area contributed by atoms with Crippen LogP contribution in [0.5, 0.6) is 0 Å². The molecular formula is C18H19BrN6O2S3. The van der Waals surface area contributed by atoms with Gasteiger partial charge in [0.25, 0.3) is 0 Å². The van der Waals surface area contributed by atoms with Crippen molar-refractivity contribution in [3.05, 3.63) is 52.8 Å². The van der Waals surface area contributed by atoms with Crippen LogP contribution < -0.4 is 5.32 Å². The number of anilines is 1. The summed E-state index contributed by atoms with van der Waals surface area (Å²) in [5.41, 5.74) is 1.18. The number of methoxy groups -OCH3 is 1. The monoisotopic (exact) mass is 526 g/mol. The average molecular weight is 527 g/mol. The summed E-state index contributed by atoms with van der Waals surface area (Å²) in [4.78, 5) is 12.3. The molecule has 0 fully saturated rings. The van der Waals surface area contributed by atoms with E-state index in [1.807, 2.05) is 16.7 Å². The summed E-state index contributed by atoms with van der Waals surface area (Å²) in [6.45, 7) is 4.64. The van der Waals surface area contributed by atoms with Crippen LogP contribution >= 0.6 is 50.8 Å². The molecule has 0 bridgehead atoms. The van der Waals surface area contributed by atoms with Crippen LogP contribution in [0.25, 0.3) is 0 Å². The minimum absolute atomic E-state index is 0.180. The number of benzene rings is 1. The molecule has 3 aromatic rings. The fourth-order valence-electron chi connectivity index (χ4n) is 2.35. The van der Waals surface area contributed by atoms with E-state index in [2.05, 4.69) is 60.4 Å². The second kappa shape index (κ2) is 11.6. The van der Waals surface area contributed by atoms with Crippen LogP contribution in [0.3, 0.4) is 0 Å². The fraction of sp³-hybridized carbons (Fsp3) is 0.278. The predicted octanol–water partition coefficient (Wildman–Crippen LogP) is 4.25. The Hall–Kier alpha value is -1.73. The van der Waals surface area contributed by atoms with Crippen LogP contribution in [0.4, 0.5) is 5.13 Å². The van der Waals surface area contributed by atoms with Crippen LogP contribution in [-0.2, 0) is 28.4 Å². The fourth-order valence-corrected chi connectivity index (χ4v) is 5.27. The molecule has 1 N–H and O–H groups in total. The highest BCUT2D eigenvalue weighted by atomic mass is 79.9. The summed E-state index contributed by atoms with van der Waals surface area (Å²) < 4.78 is 8.84. The Morgan fingerprint density at radius 1 is 1.33 bits per heavy atom. The number of ether oxygens (including phenoxy) is 1. The van der Waals surface area contributed by atoms with Crippen molar-refractivity contribution in [2.45, 2.75) is 28.4 Å². The van der Waals surface area contributed by atoms with Crippen molar-refractivity contribution in [2.75, 3.05) is 18.2 Å². The lowest BCUT2D eigenvalue weighted by molar-refractivity contribution is -0.113. The van der Waals surface area contributed by atoms with E-state index in [1.54, 1.807) is 24.9 Å². The Balaban J connectivity index is 1.50. The van der Waals surface area contributed by atoms with Crippen molar-refractivity contribution < 1.29 is 9.53 Å². The number of halogens is 1. The van der Waals surface area contributed by atoms with Gasteiger partial charge in [-0.2, -0.15) is 0 Å². The molecule has 8 nitrogen and oxygen atoms in total. The van der Waals surface area contributed by atoms with Crippen molar-refractivity contribution >= 4 is 61.8 Å². The van der Waals surface area contributed by atoms with Gasteiger partial charge in [0.1, 0.15) is 6.61 Å². The number of carbonyl (C=O) groups is 1. The zero-order chi connectivity index (χ0) is 21.3. The first-order valence-corrected chi connectivity index (χ1v) is 12.3. The van der Waals surface area contributed by atoms with E-state index in [1.165, 1.54) is 28.7 Å². The van der Waals surface area contributed by atoms with Gasteiger partial charge in [-0.1, -0.05) is 69.0 Å². The quantitative estimate of drug-likeness (QED) is 0.225. The predicted molar refractivity (Wildman–Crippen MR) is 124 cm³/mol. The molecule has 0 aliphatic rings. The lowest BCUT2D eigenvalue weighted by atomic mass is 10.2. The number of thioether (sulfide) groups is 2. The summed E-state index contributed by atoms with van der Waals surface area (Å²) in [5, 5.41) is 20.3. The van der Waals surface area contributed by atoms with Gasteiger partial charge in [-0.15, -0.1) is 27.0 Å². The number of carbonyl (C=O) groups excluding carboxylic acids is 1. The highest BCUT2D eigenvalue weighted by Crippen LogP contribution is 2.29. The van der Waals surface area contributed by atoms with Gasteiger partial charge in [0.05, 0.1) is 5.75 Å². The second-order valence-corrected chi connectivity index (χ2v) is 9.92. The van der Waals surface area contributed by atoms with Gasteiger partial charge in [0.15, 0.2) is 15.3 Å². The van der Waals surface area contributed by atoms with Crippen LogP contribution in [0, 0.1) is 0 Å². The first-order chi connectivity index (χ1) is 14.6. The van der Waals surface area contributed by atoms with E-state index < -0.39 is 0 Å². The Bertz CT molecular complexity index is 1010. The molecule has 0 radical (unpaired) electrons. The molecule has 0 saturated carbocycles. The van der Waals surface area contributed by atoms with Gasteiger partial charge in [0.2, 0.25) is 11.0 Å². The summed E-state index contributed by atoms with van der Waals surface area (Å²) in [6.07, 6.45) is 1.75. The van der Waals surface area contributed by atoms with Crippen LogP contribution in [0.2, 0.25) is 0 Å². The number of rotatable bonds is 11. The zero-order valence-electron chi connectivity index (χ0n) is 16.1. The van der Waals surface area contributed by atoms with E-state index >= 15 is 0 Å². The Morgan fingerprint density at radius 2 is 2.20 bits per heavy atom. The number of amides is 1. The first-order valence-electron chi connectivity index (χ1n) is 8.74. The lowest BCUT2D eigenvalue weighted by Gasteiger charge is -2.06. The molecular weight excluding hydrogens is 508 g/mol. The minimum atomic E-state index is -0.180. The molecule has 3 rings (SSSR count). The first kappa shape index (κ1) is 22.9. The van der Waals surface area contributed by atoms with E-state index in [-0.39, 0.29) is 11.7 Å². The van der Waals surface area contributed by atoms with Gasteiger partial charge in [-0.3, -0.25) is 10.1 Å². The van der Waals surface area contributed by atoms with E-state index in [4.69, 9.17) is 4.74 Å². The van der Waals surface area contributed by atoms with Gasteiger partial charge >= 0.3 is 0 Å². The maximum Gasteiger partial charge on any atom is 0.236 e. The molecule has 0 atom stereocenters. The van der Waals surface area contributed by atoms with E-state index in [0.29, 0.717) is 29.3 Å². The average Bonchev–Trinajstić information content (AvgIpc) is 3.33. The largest absolute Gasteiger partial charge is 0.377 e. The Kier molecular flexibility index (Phi) is 8.88. The van der Waals surface area contributed by atoms with Gasteiger partial charge in [-0.25, -0.2) is 0 Å². The standard InChI is InChI=1S/C18H19BrN6O2S3/c1-3-7-25-14(9-27-2)21-23-17(25)28-11-15(26)20-16-22-24-18(30-16)29-10-12-5-4-6-13(19)8-12/h3-6,8H,1,7,9-11H2,2H3,(H,20,22,26). The molecule has 0 aliphatic heterocycles. The van der Waals surface area contributed by atoms with Gasteiger partial charge in [0, 0.05) is 23.9 Å². The summed E-state index contributed by atoms with van der Waals surface area (Å²) in [7, 11) is 1.60. The van der Waals surface area contributed by atoms with Crippen molar-refractivity contribution in [2.24, 2.45) is 0 Å². The Labute approximate surface area is 195 Å². The molecule has 0 spiro atoms. The third kappa shape index (κ3) is 6.64. The van der Waals surface area contributed by atoms with Crippen LogP contribution in [0.15, 0.2) is 50.9 Å². The highest BCUT2D eigenvalue weighted by molar-refractivity contribution is 9.10. The van der Waals surface area contributed by atoms with Crippen molar-refractivity contribution in [1.29, 1.82) is 0 Å². The van der Waals surface area contributed by atoms with Crippen molar-refractivity contribution in [3.63, 3.8) is 0 Å². The number of nitrogens with one attached hydrogen (secondary N) is 1. The molecule has 2 aromatic heterocycles. The van der Waals surface area contributed by atoms with E-state index in [0.717, 1.165) is 14.6 Å². The molecule has 1 aromatic carbocycles. The summed E-state index contributed by atoms with van der Waals surface area (Å²) in [5.74, 6) is 1.47. The van der Waals surface area contributed by atoms with Gasteiger partial charge < -0.3 is 9.30 Å². The van der Waals surface area contributed by atoms with Crippen molar-refractivity contribution in [1.82, 2.24) is 25.0 Å². The molecule has 2 heterocycles. The topological polar surface area (TPSA) is 94.8 Å². The number of nitrogens with zero attached hydrogens (tertiary/aromatic N) is 5. The Morgan fingerprint density at radius 3 is 2.97 bits per heavy atom. The summed E-state index contributed by atoms with van der Waals surface area (Å²) >= 11 is 7.70. The number of hydrogen-bond donors (Lipinski definition) is 1. The third-order valence-electron chi connectivity index (χ3n) is 3.62. The zero-order valence-corrected chi connectivity index (χ0v) is 20.1. The van der Waals surface area contributed by atoms with Crippen molar-refractivity contribution in [3.8, 4) is 0 Å². The maximum atomic E-state index is 12.3. The molecule has 158 valence electrons. The molecule has 0 saturated heterocycles. The maximum absolute atomic E-state index is 12.3. The number of allylic oxidation sites excluding steroid dienone is 1. The highest BCUT2D eigenvalue weighted by Gasteiger charge is 2.14. The summed E-state index contributed by atoms with van der Waals surface area (Å²) in [6, 6.07) is 8.11. The third-order valence-corrected chi connectivity index (χ3v) is 7.12. The minimum Gasteiger partial charge on any atom is -0.377 e. The second-order valence-electron chi connectivity index (χ2n) is 5.86. The van der Waals surface area contributed by atoms with Crippen LogP contribution in [0.1, 0.15) is 11.4 Å². The van der Waals surface area contributed by atoms with Gasteiger partial charge in [-0.05, 0) is 17.7 Å². The molecule has 1 amide bonds. The number of hydrogen-bond acceptors (Lipinski definition) is 9. The molecule has 0 unspecified atom stereocenters. The number of aromatic nitrogens is 5. The van der Waals surface area contributed by atoms with E-state index in [9.17, 15) is 4.79 Å². The molecule has 30 heavy (non-hydrogen) atoms. The van der Waals surface area contributed by atoms with Crippen LogP contribution in [-0.4, -0.2) is 43.7 Å². The molecule has 0 aliphatic carbocycles. The smallest absolute Gasteiger partial charge is 0.236 e. The lowest BCUT2D eigenvalue weighted by Crippen LogP contribution is -2.14. The normalized spacial score (nSPS) is 10.9. The molecule has 12 heteroatoms.